The molecule has 6 heteroatoms. The average Bonchev–Trinajstić information content (AvgIpc) is 2.26. The predicted octanol–water partition coefficient (Wildman–Crippen LogP) is 0.638. The van der Waals surface area contributed by atoms with Crippen LogP contribution in [0.4, 0.5) is 4.39 Å². The Morgan fingerprint density at radius 3 is 3.00 bits per heavy atom. The summed E-state index contributed by atoms with van der Waals surface area (Å²) in [6.45, 7) is 0.491. The zero-order chi connectivity index (χ0) is 12.3. The summed E-state index contributed by atoms with van der Waals surface area (Å²) in [5, 5.41) is 2.66. The van der Waals surface area contributed by atoms with Crippen molar-refractivity contribution < 1.29 is 9.18 Å². The van der Waals surface area contributed by atoms with Crippen LogP contribution in [-0.2, 0) is 0 Å². The van der Waals surface area contributed by atoms with Gasteiger partial charge >= 0.3 is 0 Å². The fourth-order valence-electron chi connectivity index (χ4n) is 1.86. The molecule has 0 aromatic carbocycles. The molecule has 0 radical (unpaired) electrons. The summed E-state index contributed by atoms with van der Waals surface area (Å²) in [4.78, 5) is 28.6. The molecule has 1 fully saturated rings. The monoisotopic (exact) mass is 239 g/mol. The van der Waals surface area contributed by atoms with Crippen LogP contribution in [0.15, 0.2) is 17.2 Å². The van der Waals surface area contributed by atoms with Crippen LogP contribution < -0.4 is 10.9 Å². The van der Waals surface area contributed by atoms with Crippen LogP contribution >= 0.6 is 0 Å². The fourth-order valence-corrected chi connectivity index (χ4v) is 1.86. The van der Waals surface area contributed by atoms with Gasteiger partial charge in [-0.05, 0) is 25.2 Å². The fraction of sp³-hybridized carbons (Fsp3) is 0.545. The van der Waals surface area contributed by atoms with E-state index < -0.39 is 6.17 Å². The van der Waals surface area contributed by atoms with E-state index in [1.807, 2.05) is 0 Å². The Bertz CT molecular complexity index is 454. The lowest BCUT2D eigenvalue weighted by Gasteiger charge is -2.29. The Hall–Kier alpha value is -1.72. The van der Waals surface area contributed by atoms with E-state index in [-0.39, 0.29) is 17.2 Å². The van der Waals surface area contributed by atoms with Crippen molar-refractivity contribution in [2.45, 2.75) is 25.4 Å². The summed E-state index contributed by atoms with van der Waals surface area (Å²) in [5.41, 5.74) is -0.254. The van der Waals surface area contributed by atoms with Crippen LogP contribution in [0.1, 0.15) is 29.8 Å². The minimum atomic E-state index is -0.662. The number of carbonyl (C=O) groups excluding carboxylic acids is 1. The van der Waals surface area contributed by atoms with Crippen LogP contribution in [-0.4, -0.2) is 28.6 Å². The molecule has 1 aromatic heterocycles. The number of nitrogens with zero attached hydrogens (tertiary/aromatic N) is 1. The molecule has 5 nitrogen and oxygen atoms in total. The van der Waals surface area contributed by atoms with Gasteiger partial charge in [-0.15, -0.1) is 0 Å². The number of rotatable bonds is 4. The number of nitrogens with one attached hydrogen (secondary N) is 2. The topological polar surface area (TPSA) is 74.8 Å². The summed E-state index contributed by atoms with van der Waals surface area (Å²) in [6, 6.07) is 1.15. The van der Waals surface area contributed by atoms with Crippen LogP contribution in [0, 0.1) is 5.92 Å². The molecule has 1 amide bonds. The van der Waals surface area contributed by atoms with Crippen molar-refractivity contribution in [2.24, 2.45) is 5.92 Å². The normalized spacial score (nSPS) is 22.9. The highest BCUT2D eigenvalue weighted by Gasteiger charge is 2.28. The van der Waals surface area contributed by atoms with Gasteiger partial charge < -0.3 is 10.3 Å². The average molecular weight is 239 g/mol. The molecule has 0 spiro atoms. The molecule has 0 bridgehead atoms. The number of carbonyl (C=O) groups is 1. The van der Waals surface area contributed by atoms with Gasteiger partial charge in [-0.2, -0.15) is 0 Å². The largest absolute Gasteiger partial charge is 0.351 e. The lowest BCUT2D eigenvalue weighted by molar-refractivity contribution is 0.0929. The first-order valence-electron chi connectivity index (χ1n) is 5.62. The summed E-state index contributed by atoms with van der Waals surface area (Å²) >= 11 is 0. The molecule has 1 heterocycles. The van der Waals surface area contributed by atoms with Crippen molar-refractivity contribution in [3.63, 3.8) is 0 Å². The zero-order valence-electron chi connectivity index (χ0n) is 9.28. The molecule has 1 aliphatic carbocycles. The molecule has 1 saturated carbocycles. The van der Waals surface area contributed by atoms with Crippen molar-refractivity contribution in [1.82, 2.24) is 15.3 Å². The van der Waals surface area contributed by atoms with Gasteiger partial charge in [-0.1, -0.05) is 0 Å². The second-order valence-electron chi connectivity index (χ2n) is 4.28. The number of alkyl halides is 1. The van der Waals surface area contributed by atoms with E-state index in [1.54, 1.807) is 0 Å². The Kier molecular flexibility index (Phi) is 3.51. The summed E-state index contributed by atoms with van der Waals surface area (Å²) in [7, 11) is 0. The first-order valence-corrected chi connectivity index (χ1v) is 5.62. The van der Waals surface area contributed by atoms with E-state index in [9.17, 15) is 14.0 Å². The summed E-state index contributed by atoms with van der Waals surface area (Å²) in [6.07, 6.45) is 2.50. The highest BCUT2D eigenvalue weighted by molar-refractivity contribution is 5.91. The molecule has 0 saturated heterocycles. The molecule has 2 rings (SSSR count). The molecule has 0 unspecified atom stereocenters. The van der Waals surface area contributed by atoms with Gasteiger partial charge in [0.1, 0.15) is 11.9 Å². The smallest absolute Gasteiger partial charge is 0.270 e. The van der Waals surface area contributed by atoms with Crippen LogP contribution in [0.2, 0.25) is 0 Å². The Labute approximate surface area is 97.5 Å². The van der Waals surface area contributed by atoms with Crippen LogP contribution in [0.3, 0.4) is 0 Å². The number of aromatic amines is 1. The van der Waals surface area contributed by atoms with Crippen molar-refractivity contribution in [1.29, 1.82) is 0 Å². The molecular weight excluding hydrogens is 225 g/mol. The molecule has 92 valence electrons. The quantitative estimate of drug-likeness (QED) is 0.809. The van der Waals surface area contributed by atoms with Crippen LogP contribution in [0.25, 0.3) is 0 Å². The number of amides is 1. The minimum absolute atomic E-state index is 0.103. The Balaban J connectivity index is 1.76. The molecule has 2 N–H and O–H groups in total. The molecule has 17 heavy (non-hydrogen) atoms. The number of halogens is 1. The molecular formula is C11H14FN3O2. The maximum atomic E-state index is 12.5. The minimum Gasteiger partial charge on any atom is -0.351 e. The third-order valence-corrected chi connectivity index (χ3v) is 2.93. The van der Waals surface area contributed by atoms with Crippen molar-refractivity contribution in [2.75, 3.05) is 6.54 Å². The van der Waals surface area contributed by atoms with E-state index in [0.717, 1.165) is 12.5 Å². The van der Waals surface area contributed by atoms with Crippen molar-refractivity contribution >= 4 is 5.91 Å². The van der Waals surface area contributed by atoms with E-state index >= 15 is 0 Å². The second kappa shape index (κ2) is 5.07. The van der Waals surface area contributed by atoms with Gasteiger partial charge in [-0.25, -0.2) is 9.37 Å². The lowest BCUT2D eigenvalue weighted by Crippen LogP contribution is -2.31. The Morgan fingerprint density at radius 2 is 2.35 bits per heavy atom. The van der Waals surface area contributed by atoms with Crippen molar-refractivity contribution in [3.05, 3.63) is 28.4 Å². The highest BCUT2D eigenvalue weighted by Crippen LogP contribution is 2.32. The third kappa shape index (κ3) is 3.12. The third-order valence-electron chi connectivity index (χ3n) is 2.93. The van der Waals surface area contributed by atoms with E-state index in [0.29, 0.717) is 25.3 Å². The first-order chi connectivity index (χ1) is 8.15. The lowest BCUT2D eigenvalue weighted by atomic mass is 9.81. The number of hydrogen-bond donors (Lipinski definition) is 2. The first kappa shape index (κ1) is 11.8. The van der Waals surface area contributed by atoms with Gasteiger partial charge in [-0.3, -0.25) is 9.59 Å². The van der Waals surface area contributed by atoms with Gasteiger partial charge in [0.15, 0.2) is 0 Å². The van der Waals surface area contributed by atoms with E-state index in [2.05, 4.69) is 15.3 Å². The van der Waals surface area contributed by atoms with Gasteiger partial charge in [0.05, 0.1) is 6.33 Å². The van der Waals surface area contributed by atoms with E-state index in [1.165, 1.54) is 6.33 Å². The van der Waals surface area contributed by atoms with Gasteiger partial charge in [0, 0.05) is 12.6 Å². The SMILES string of the molecule is O=C(NCCC1CC(F)C1)c1cc(=O)[nH]cn1. The Morgan fingerprint density at radius 1 is 1.59 bits per heavy atom. The van der Waals surface area contributed by atoms with Crippen molar-refractivity contribution in [3.8, 4) is 0 Å². The summed E-state index contributed by atoms with van der Waals surface area (Å²) < 4.78 is 12.5. The predicted molar refractivity (Wildman–Crippen MR) is 59.4 cm³/mol. The van der Waals surface area contributed by atoms with Gasteiger partial charge in [0.2, 0.25) is 0 Å². The molecule has 0 aliphatic heterocycles. The number of aromatic nitrogens is 2. The maximum Gasteiger partial charge on any atom is 0.270 e. The van der Waals surface area contributed by atoms with Gasteiger partial charge in [0.25, 0.3) is 11.5 Å². The standard InChI is InChI=1S/C11H14FN3O2/c12-8-3-7(4-8)1-2-13-11(17)9-5-10(16)15-6-14-9/h5-8H,1-4H2,(H,13,17)(H,14,15,16). The maximum absolute atomic E-state index is 12.5. The molecule has 1 aliphatic rings. The molecule has 0 atom stereocenters. The molecule has 1 aromatic rings. The highest BCUT2D eigenvalue weighted by atomic mass is 19.1. The van der Waals surface area contributed by atoms with E-state index in [4.69, 9.17) is 0 Å². The zero-order valence-corrected chi connectivity index (χ0v) is 9.28. The summed E-state index contributed by atoms with van der Waals surface area (Å²) in [5.74, 6) is 0.00431. The number of H-pyrrole nitrogens is 1. The number of hydrogen-bond acceptors (Lipinski definition) is 3. The second-order valence-corrected chi connectivity index (χ2v) is 4.28. The van der Waals surface area contributed by atoms with Crippen LogP contribution in [0.5, 0.6) is 0 Å².